The third kappa shape index (κ3) is 2.49. The van der Waals surface area contributed by atoms with Gasteiger partial charge in [0.2, 0.25) is 0 Å². The molecule has 0 radical (unpaired) electrons. The number of hydrogen-bond acceptors (Lipinski definition) is 3. The van der Waals surface area contributed by atoms with Gasteiger partial charge in [0.05, 0.1) is 0 Å². The second-order valence-corrected chi connectivity index (χ2v) is 5.69. The van der Waals surface area contributed by atoms with Crippen molar-refractivity contribution in [2.24, 2.45) is 5.73 Å². The molecule has 0 aliphatic carbocycles. The summed E-state index contributed by atoms with van der Waals surface area (Å²) >= 11 is 2.16. The van der Waals surface area contributed by atoms with E-state index in [4.69, 9.17) is 10.8 Å². The molecule has 0 aromatic heterocycles. The van der Waals surface area contributed by atoms with Gasteiger partial charge in [0, 0.05) is 22.2 Å². The quantitative estimate of drug-likeness (QED) is 0.769. The number of carboxylic acids is 1. The highest BCUT2D eigenvalue weighted by Crippen LogP contribution is 2.21. The molecule has 1 amide bonds. The molecule has 3 N–H and O–H groups in total. The van der Waals surface area contributed by atoms with Crippen LogP contribution in [0.25, 0.3) is 0 Å². The van der Waals surface area contributed by atoms with Crippen LogP contribution >= 0.6 is 22.6 Å². The van der Waals surface area contributed by atoms with Crippen LogP contribution in [0.3, 0.4) is 0 Å². The average molecular weight is 360 g/mol. The summed E-state index contributed by atoms with van der Waals surface area (Å²) in [4.78, 5) is 24.6. The molecule has 1 fully saturated rings. The summed E-state index contributed by atoms with van der Waals surface area (Å²) in [6.07, 6.45) is 0.290. The van der Waals surface area contributed by atoms with E-state index in [9.17, 15) is 9.59 Å². The Morgan fingerprint density at radius 2 is 1.94 bits per heavy atom. The minimum absolute atomic E-state index is 0.0627. The van der Waals surface area contributed by atoms with Crippen LogP contribution in [-0.2, 0) is 4.79 Å². The number of carbonyl (C=O) groups is 2. The molecule has 0 spiro atoms. The Morgan fingerprint density at radius 3 is 2.44 bits per heavy atom. The monoisotopic (exact) mass is 360 g/mol. The number of carboxylic acid groups (broad SMARTS) is 1. The van der Waals surface area contributed by atoms with Crippen molar-refractivity contribution in [1.82, 2.24) is 4.90 Å². The maximum atomic E-state index is 12.1. The minimum atomic E-state index is -1.31. The number of nitrogens with two attached hydrogens (primary N) is 1. The zero-order chi connectivity index (χ0) is 13.3. The van der Waals surface area contributed by atoms with E-state index in [2.05, 4.69) is 22.6 Å². The Hall–Kier alpha value is -1.15. The summed E-state index contributed by atoms with van der Waals surface area (Å²) in [5.74, 6) is -1.22. The number of rotatable bonds is 2. The van der Waals surface area contributed by atoms with Gasteiger partial charge in [-0.15, -0.1) is 0 Å². The van der Waals surface area contributed by atoms with Crippen LogP contribution in [0.4, 0.5) is 0 Å². The Bertz CT molecular complexity index is 489. The molecule has 1 saturated heterocycles. The number of hydrogen-bond donors (Lipinski definition) is 2. The van der Waals surface area contributed by atoms with Crippen LogP contribution < -0.4 is 5.73 Å². The number of carbonyl (C=O) groups excluding carboxylic acids is 1. The molecular formula is C12H13IN2O3. The SMILES string of the molecule is NC1(C(=O)O)CCN(C(=O)c2ccc(I)cc2)C1. The van der Waals surface area contributed by atoms with Gasteiger partial charge in [-0.05, 0) is 53.3 Å². The molecule has 1 aromatic carbocycles. The lowest BCUT2D eigenvalue weighted by Crippen LogP contribution is -2.50. The molecule has 96 valence electrons. The summed E-state index contributed by atoms with van der Waals surface area (Å²) in [6, 6.07) is 7.16. The van der Waals surface area contributed by atoms with E-state index in [0.717, 1.165) is 3.57 Å². The topological polar surface area (TPSA) is 83.6 Å². The minimum Gasteiger partial charge on any atom is -0.480 e. The fraction of sp³-hybridized carbons (Fsp3) is 0.333. The van der Waals surface area contributed by atoms with E-state index >= 15 is 0 Å². The van der Waals surface area contributed by atoms with Crippen LogP contribution in [0.1, 0.15) is 16.8 Å². The zero-order valence-electron chi connectivity index (χ0n) is 9.60. The highest BCUT2D eigenvalue weighted by Gasteiger charge is 2.42. The van der Waals surface area contributed by atoms with Gasteiger partial charge in [-0.2, -0.15) is 0 Å². The first-order valence-electron chi connectivity index (χ1n) is 5.49. The summed E-state index contributed by atoms with van der Waals surface area (Å²) in [5.41, 5.74) is 4.99. The lowest BCUT2D eigenvalue weighted by molar-refractivity contribution is -0.142. The van der Waals surface area contributed by atoms with E-state index < -0.39 is 11.5 Å². The van der Waals surface area contributed by atoms with E-state index in [1.165, 1.54) is 4.90 Å². The van der Waals surface area contributed by atoms with Crippen LogP contribution in [-0.4, -0.2) is 40.5 Å². The van der Waals surface area contributed by atoms with Crippen molar-refractivity contribution < 1.29 is 14.7 Å². The Morgan fingerprint density at radius 1 is 1.33 bits per heavy atom. The number of halogens is 1. The summed E-state index contributed by atoms with van der Waals surface area (Å²) < 4.78 is 1.05. The Kier molecular flexibility index (Phi) is 3.58. The first kappa shape index (κ1) is 13.3. The number of likely N-dealkylation sites (tertiary alicyclic amines) is 1. The molecule has 1 aromatic rings. The lowest BCUT2D eigenvalue weighted by atomic mass is 10.0. The normalized spacial score (nSPS) is 23.1. The predicted molar refractivity (Wildman–Crippen MR) is 74.2 cm³/mol. The maximum absolute atomic E-state index is 12.1. The zero-order valence-corrected chi connectivity index (χ0v) is 11.8. The molecule has 1 aliphatic heterocycles. The van der Waals surface area contributed by atoms with E-state index in [-0.39, 0.29) is 12.5 Å². The van der Waals surface area contributed by atoms with Crippen molar-refractivity contribution in [3.63, 3.8) is 0 Å². The third-order valence-corrected chi connectivity index (χ3v) is 3.82. The van der Waals surface area contributed by atoms with Gasteiger partial charge in [-0.3, -0.25) is 9.59 Å². The molecule has 18 heavy (non-hydrogen) atoms. The molecule has 1 atom stereocenters. The fourth-order valence-electron chi connectivity index (χ4n) is 1.96. The first-order chi connectivity index (χ1) is 8.42. The van der Waals surface area contributed by atoms with Crippen molar-refractivity contribution in [3.8, 4) is 0 Å². The van der Waals surface area contributed by atoms with Gasteiger partial charge in [0.15, 0.2) is 0 Å². The molecule has 5 nitrogen and oxygen atoms in total. The predicted octanol–water partition coefficient (Wildman–Crippen LogP) is 0.919. The summed E-state index contributed by atoms with van der Waals surface area (Å²) in [5, 5.41) is 9.02. The highest BCUT2D eigenvalue weighted by atomic mass is 127. The fourth-order valence-corrected chi connectivity index (χ4v) is 2.32. The van der Waals surface area contributed by atoms with E-state index in [1.807, 2.05) is 12.1 Å². The summed E-state index contributed by atoms with van der Waals surface area (Å²) in [7, 11) is 0. The summed E-state index contributed by atoms with van der Waals surface area (Å²) in [6.45, 7) is 0.445. The second-order valence-electron chi connectivity index (χ2n) is 4.44. The molecule has 1 heterocycles. The van der Waals surface area contributed by atoms with Gasteiger partial charge >= 0.3 is 5.97 Å². The number of amides is 1. The second kappa shape index (κ2) is 4.85. The standard InChI is InChI=1S/C12H13IN2O3/c13-9-3-1-8(2-4-9)10(16)15-6-5-12(14,7-15)11(17)18/h1-4H,5-7,14H2,(H,17,18). The van der Waals surface area contributed by atoms with E-state index in [1.54, 1.807) is 12.1 Å². The van der Waals surface area contributed by atoms with Crippen LogP contribution in [0, 0.1) is 3.57 Å². The van der Waals surface area contributed by atoms with Crippen LogP contribution in [0.15, 0.2) is 24.3 Å². The first-order valence-corrected chi connectivity index (χ1v) is 6.57. The Labute approximate surface area is 118 Å². The van der Waals surface area contributed by atoms with Crippen molar-refractivity contribution in [2.75, 3.05) is 13.1 Å². The molecule has 2 rings (SSSR count). The molecule has 6 heteroatoms. The highest BCUT2D eigenvalue weighted by molar-refractivity contribution is 14.1. The van der Waals surface area contributed by atoms with Gasteiger partial charge in [0.25, 0.3) is 5.91 Å². The molecule has 1 unspecified atom stereocenters. The average Bonchev–Trinajstić information content (AvgIpc) is 2.73. The van der Waals surface area contributed by atoms with Gasteiger partial charge in [-0.25, -0.2) is 0 Å². The van der Waals surface area contributed by atoms with Crippen molar-refractivity contribution in [1.29, 1.82) is 0 Å². The van der Waals surface area contributed by atoms with Crippen molar-refractivity contribution >= 4 is 34.5 Å². The van der Waals surface area contributed by atoms with E-state index in [0.29, 0.717) is 18.5 Å². The Balaban J connectivity index is 2.12. The van der Waals surface area contributed by atoms with Crippen molar-refractivity contribution in [2.45, 2.75) is 12.0 Å². The number of aliphatic carboxylic acids is 1. The number of benzene rings is 1. The molecule has 0 saturated carbocycles. The van der Waals surface area contributed by atoms with Gasteiger partial charge < -0.3 is 15.7 Å². The van der Waals surface area contributed by atoms with Crippen LogP contribution in [0.5, 0.6) is 0 Å². The van der Waals surface area contributed by atoms with Gasteiger partial charge in [0.1, 0.15) is 5.54 Å². The third-order valence-electron chi connectivity index (χ3n) is 3.11. The molecule has 1 aliphatic rings. The van der Waals surface area contributed by atoms with Crippen molar-refractivity contribution in [3.05, 3.63) is 33.4 Å². The van der Waals surface area contributed by atoms with Gasteiger partial charge in [-0.1, -0.05) is 0 Å². The lowest BCUT2D eigenvalue weighted by Gasteiger charge is -2.20. The molecule has 0 bridgehead atoms. The number of nitrogens with zero attached hydrogens (tertiary/aromatic N) is 1. The smallest absolute Gasteiger partial charge is 0.325 e. The van der Waals surface area contributed by atoms with Crippen LogP contribution in [0.2, 0.25) is 0 Å². The maximum Gasteiger partial charge on any atom is 0.325 e. The molecular weight excluding hydrogens is 347 g/mol. The largest absolute Gasteiger partial charge is 0.480 e.